The summed E-state index contributed by atoms with van der Waals surface area (Å²) in [6.07, 6.45) is 2.92. The molecule has 0 aliphatic heterocycles. The number of pyridine rings is 1. The van der Waals surface area contributed by atoms with Gasteiger partial charge < -0.3 is 9.26 Å². The third-order valence-corrected chi connectivity index (χ3v) is 3.30. The molecule has 1 amide bonds. The molecule has 6 nitrogen and oxygen atoms in total. The Morgan fingerprint density at radius 3 is 2.36 bits per heavy atom. The van der Waals surface area contributed by atoms with Crippen LogP contribution in [0.1, 0.15) is 20.8 Å². The Labute approximate surface area is 145 Å². The molecule has 0 aliphatic rings. The van der Waals surface area contributed by atoms with Crippen molar-refractivity contribution >= 4 is 11.8 Å². The first-order valence-electron chi connectivity index (χ1n) is 7.88. The van der Waals surface area contributed by atoms with E-state index >= 15 is 0 Å². The summed E-state index contributed by atoms with van der Waals surface area (Å²) in [7, 11) is 0. The van der Waals surface area contributed by atoms with Crippen LogP contribution in [0, 0.1) is 0 Å². The van der Waals surface area contributed by atoms with Gasteiger partial charge in [-0.2, -0.15) is 0 Å². The number of carbonyl (C=O) groups is 1. The number of rotatable bonds is 3. The molecule has 0 unspecified atom stereocenters. The van der Waals surface area contributed by atoms with E-state index in [0.717, 1.165) is 16.8 Å². The van der Waals surface area contributed by atoms with Crippen LogP contribution in [0.2, 0.25) is 0 Å². The number of ether oxygens (including phenoxy) is 1. The van der Waals surface area contributed by atoms with Gasteiger partial charge in [-0.3, -0.25) is 10.3 Å². The van der Waals surface area contributed by atoms with E-state index in [-0.39, 0.29) is 0 Å². The van der Waals surface area contributed by atoms with Crippen LogP contribution in [0.3, 0.4) is 0 Å². The number of nitrogens with zero attached hydrogens (tertiary/aromatic N) is 2. The van der Waals surface area contributed by atoms with E-state index in [1.807, 2.05) is 51.1 Å². The second-order valence-electron chi connectivity index (χ2n) is 6.52. The fourth-order valence-corrected chi connectivity index (χ4v) is 2.21. The summed E-state index contributed by atoms with van der Waals surface area (Å²) in [6, 6.07) is 12.9. The van der Waals surface area contributed by atoms with E-state index in [0.29, 0.717) is 11.4 Å². The van der Waals surface area contributed by atoms with E-state index in [2.05, 4.69) is 15.5 Å². The normalized spacial score (nSPS) is 11.2. The molecule has 6 heteroatoms. The number of hydrogen-bond donors (Lipinski definition) is 1. The van der Waals surface area contributed by atoms with Crippen LogP contribution in [0.4, 0.5) is 10.5 Å². The lowest BCUT2D eigenvalue weighted by molar-refractivity contribution is 0.0636. The molecule has 0 aliphatic carbocycles. The zero-order chi connectivity index (χ0) is 17.9. The third kappa shape index (κ3) is 4.44. The SMILES string of the molecule is CC(C)(C)OC(=O)Nc1ccc(-c2cc(-c3ccncc3)on2)cc1. The van der Waals surface area contributed by atoms with Crippen molar-refractivity contribution in [3.8, 4) is 22.6 Å². The standard InChI is InChI=1S/C19H19N3O3/c1-19(2,3)24-18(23)21-15-6-4-13(5-7-15)16-12-17(25-22-16)14-8-10-20-11-9-14/h4-12H,1-3H3,(H,21,23). The summed E-state index contributed by atoms with van der Waals surface area (Å²) >= 11 is 0. The van der Waals surface area contributed by atoms with Crippen LogP contribution in [0.25, 0.3) is 22.6 Å². The average Bonchev–Trinajstić information content (AvgIpc) is 3.04. The van der Waals surface area contributed by atoms with Crippen LogP contribution in [0.5, 0.6) is 0 Å². The predicted octanol–water partition coefficient (Wildman–Crippen LogP) is 4.75. The van der Waals surface area contributed by atoms with Crippen molar-refractivity contribution in [3.63, 3.8) is 0 Å². The Morgan fingerprint density at radius 2 is 1.72 bits per heavy atom. The van der Waals surface area contributed by atoms with Crippen molar-refractivity contribution in [2.24, 2.45) is 0 Å². The molecule has 0 fully saturated rings. The molecule has 25 heavy (non-hydrogen) atoms. The Bertz CT molecular complexity index is 850. The summed E-state index contributed by atoms with van der Waals surface area (Å²) in [6.45, 7) is 5.46. The summed E-state index contributed by atoms with van der Waals surface area (Å²) < 4.78 is 10.6. The Kier molecular flexibility index (Phi) is 4.52. The van der Waals surface area contributed by atoms with Crippen LogP contribution in [-0.4, -0.2) is 21.8 Å². The zero-order valence-electron chi connectivity index (χ0n) is 14.3. The monoisotopic (exact) mass is 337 g/mol. The first-order chi connectivity index (χ1) is 11.9. The molecule has 0 saturated carbocycles. The first-order valence-corrected chi connectivity index (χ1v) is 7.88. The van der Waals surface area contributed by atoms with Crippen molar-refractivity contribution in [2.75, 3.05) is 5.32 Å². The summed E-state index contributed by atoms with van der Waals surface area (Å²) in [5.41, 5.74) is 2.64. The fraction of sp³-hybridized carbons (Fsp3) is 0.211. The molecule has 0 bridgehead atoms. The van der Waals surface area contributed by atoms with Crippen LogP contribution in [-0.2, 0) is 4.74 Å². The predicted molar refractivity (Wildman–Crippen MR) is 95.0 cm³/mol. The molecule has 0 atom stereocenters. The highest BCUT2D eigenvalue weighted by molar-refractivity contribution is 5.85. The van der Waals surface area contributed by atoms with Gasteiger partial charge in [-0.25, -0.2) is 4.79 Å². The first kappa shape index (κ1) is 16.7. The van der Waals surface area contributed by atoms with E-state index < -0.39 is 11.7 Å². The molecule has 0 spiro atoms. The van der Waals surface area contributed by atoms with E-state index in [4.69, 9.17) is 9.26 Å². The van der Waals surface area contributed by atoms with Crippen LogP contribution >= 0.6 is 0 Å². The maximum absolute atomic E-state index is 11.8. The van der Waals surface area contributed by atoms with Crippen molar-refractivity contribution in [2.45, 2.75) is 26.4 Å². The van der Waals surface area contributed by atoms with Gasteiger partial charge in [-0.15, -0.1) is 0 Å². The molecule has 2 aromatic heterocycles. The lowest BCUT2D eigenvalue weighted by Crippen LogP contribution is -2.27. The van der Waals surface area contributed by atoms with E-state index in [9.17, 15) is 4.79 Å². The van der Waals surface area contributed by atoms with Crippen molar-refractivity contribution in [1.82, 2.24) is 10.1 Å². The molecule has 1 aromatic carbocycles. The Hall–Kier alpha value is -3.15. The number of benzene rings is 1. The minimum atomic E-state index is -0.534. The average molecular weight is 337 g/mol. The maximum Gasteiger partial charge on any atom is 0.412 e. The second kappa shape index (κ2) is 6.76. The lowest BCUT2D eigenvalue weighted by atomic mass is 10.1. The number of anilines is 1. The summed E-state index contributed by atoms with van der Waals surface area (Å²) in [5.74, 6) is 0.674. The highest BCUT2D eigenvalue weighted by Crippen LogP contribution is 2.26. The highest BCUT2D eigenvalue weighted by Gasteiger charge is 2.16. The van der Waals surface area contributed by atoms with Crippen LogP contribution in [0.15, 0.2) is 59.4 Å². The molecule has 0 radical (unpaired) electrons. The number of amides is 1. The molecule has 3 aromatic rings. The van der Waals surface area contributed by atoms with Gasteiger partial charge >= 0.3 is 6.09 Å². The highest BCUT2D eigenvalue weighted by atomic mass is 16.6. The maximum atomic E-state index is 11.8. The van der Waals surface area contributed by atoms with Crippen LogP contribution < -0.4 is 5.32 Å². The molecule has 1 N–H and O–H groups in total. The Morgan fingerprint density at radius 1 is 1.04 bits per heavy atom. The molecule has 0 saturated heterocycles. The molecular formula is C19H19N3O3. The number of hydrogen-bond acceptors (Lipinski definition) is 5. The fourth-order valence-electron chi connectivity index (χ4n) is 2.21. The smallest absolute Gasteiger partial charge is 0.412 e. The van der Waals surface area contributed by atoms with E-state index in [1.54, 1.807) is 24.5 Å². The van der Waals surface area contributed by atoms with Gasteiger partial charge in [0.15, 0.2) is 5.76 Å². The van der Waals surface area contributed by atoms with Gasteiger partial charge in [0.1, 0.15) is 11.3 Å². The molecular weight excluding hydrogens is 318 g/mol. The Balaban J connectivity index is 1.71. The second-order valence-corrected chi connectivity index (χ2v) is 6.52. The number of carbonyl (C=O) groups excluding carboxylic acids is 1. The van der Waals surface area contributed by atoms with Gasteiger partial charge in [0.2, 0.25) is 0 Å². The number of nitrogens with one attached hydrogen (secondary N) is 1. The zero-order valence-corrected chi connectivity index (χ0v) is 14.3. The third-order valence-electron chi connectivity index (χ3n) is 3.30. The minimum Gasteiger partial charge on any atom is -0.444 e. The van der Waals surface area contributed by atoms with Gasteiger partial charge in [0.25, 0.3) is 0 Å². The van der Waals surface area contributed by atoms with Crippen molar-refractivity contribution < 1.29 is 14.1 Å². The minimum absolute atomic E-state index is 0.485. The van der Waals surface area contributed by atoms with Gasteiger partial charge in [-0.05, 0) is 45.0 Å². The summed E-state index contributed by atoms with van der Waals surface area (Å²) in [4.78, 5) is 15.8. The quantitative estimate of drug-likeness (QED) is 0.746. The van der Waals surface area contributed by atoms with Gasteiger partial charge in [-0.1, -0.05) is 17.3 Å². The number of aromatic nitrogens is 2. The lowest BCUT2D eigenvalue weighted by Gasteiger charge is -2.19. The largest absolute Gasteiger partial charge is 0.444 e. The molecule has 3 rings (SSSR count). The topological polar surface area (TPSA) is 77.2 Å². The van der Waals surface area contributed by atoms with Crippen molar-refractivity contribution in [1.29, 1.82) is 0 Å². The summed E-state index contributed by atoms with van der Waals surface area (Å²) in [5, 5.41) is 6.79. The van der Waals surface area contributed by atoms with Gasteiger partial charge in [0.05, 0.1) is 0 Å². The van der Waals surface area contributed by atoms with Crippen molar-refractivity contribution in [3.05, 3.63) is 54.9 Å². The van der Waals surface area contributed by atoms with E-state index in [1.165, 1.54) is 0 Å². The molecule has 2 heterocycles. The molecule has 128 valence electrons. The van der Waals surface area contributed by atoms with Gasteiger partial charge in [0, 0.05) is 35.3 Å².